The lowest BCUT2D eigenvalue weighted by Gasteiger charge is -2.08. The van der Waals surface area contributed by atoms with Gasteiger partial charge in [0.25, 0.3) is 0 Å². The first-order valence-corrected chi connectivity index (χ1v) is 17.9. The van der Waals surface area contributed by atoms with Crippen molar-refractivity contribution in [3.8, 4) is 55.7 Å². The predicted molar refractivity (Wildman–Crippen MR) is 209 cm³/mol. The molecule has 0 radical (unpaired) electrons. The van der Waals surface area contributed by atoms with Crippen LogP contribution in [0, 0.1) is 0 Å². The maximum Gasteiger partial charge on any atom is 0.154 e. The molecule has 0 unspecified atom stereocenters. The van der Waals surface area contributed by atoms with Crippen molar-refractivity contribution in [2.45, 2.75) is 0 Å². The Morgan fingerprint density at radius 3 is 1.40 bits per heavy atom. The molecule has 240 valence electrons. The molecule has 4 aromatic heterocycles. The number of ether oxygens (including phenoxy) is 2. The highest BCUT2D eigenvalue weighted by Crippen LogP contribution is 2.39. The quantitative estimate of drug-likeness (QED) is 0.168. The molecule has 0 amide bonds. The second-order valence-corrected chi connectivity index (χ2v) is 13.5. The van der Waals surface area contributed by atoms with E-state index in [-0.39, 0.29) is 0 Å². The summed E-state index contributed by atoms with van der Waals surface area (Å²) in [7, 11) is 0. The predicted octanol–water partition coefficient (Wildman–Crippen LogP) is 13.2. The summed E-state index contributed by atoms with van der Waals surface area (Å²) in [4.78, 5) is 9.81. The first-order chi connectivity index (χ1) is 24.8. The number of aromatic nitrogens is 2. The second kappa shape index (κ2) is 14.6. The summed E-state index contributed by atoms with van der Waals surface area (Å²) in [5.41, 5.74) is 5.96. The second-order valence-electron chi connectivity index (χ2n) is 11.5. The summed E-state index contributed by atoms with van der Waals surface area (Å²) in [6.07, 6.45) is 7.32. The Labute approximate surface area is 298 Å². The first kappa shape index (κ1) is 31.2. The summed E-state index contributed by atoms with van der Waals surface area (Å²) in [6, 6.07) is 51.6. The van der Waals surface area contributed by atoms with Crippen LogP contribution in [-0.2, 0) is 0 Å². The minimum atomic E-state index is 0.781. The van der Waals surface area contributed by atoms with Gasteiger partial charge in [-0.15, -0.1) is 22.7 Å². The summed E-state index contributed by atoms with van der Waals surface area (Å²) in [5.74, 6) is 3.20. The number of pyridine rings is 2. The number of benzene rings is 5. The number of fused-ring (bicyclic) bond motifs is 2. The Morgan fingerprint density at radius 1 is 0.400 bits per heavy atom. The van der Waals surface area contributed by atoms with Crippen LogP contribution in [0.4, 0.5) is 0 Å². The van der Waals surface area contributed by atoms with Crippen molar-refractivity contribution in [3.63, 3.8) is 0 Å². The molecule has 0 bridgehead atoms. The van der Waals surface area contributed by atoms with Crippen LogP contribution < -0.4 is 9.47 Å². The maximum absolute atomic E-state index is 6.18. The molecule has 0 atom stereocenters. The van der Waals surface area contributed by atoms with Crippen molar-refractivity contribution in [2.24, 2.45) is 0 Å². The molecule has 50 heavy (non-hydrogen) atoms. The van der Waals surface area contributed by atoms with Crippen molar-refractivity contribution in [1.29, 1.82) is 0 Å². The van der Waals surface area contributed by atoms with E-state index in [2.05, 4.69) is 100 Å². The zero-order chi connectivity index (χ0) is 33.5. The summed E-state index contributed by atoms with van der Waals surface area (Å²) in [5, 5.41) is 4.25. The van der Waals surface area contributed by atoms with E-state index in [1.807, 2.05) is 79.1 Å². The zero-order valence-electron chi connectivity index (χ0n) is 26.8. The smallest absolute Gasteiger partial charge is 0.154 e. The third-order valence-electron chi connectivity index (χ3n) is 8.19. The van der Waals surface area contributed by atoms with E-state index in [0.29, 0.717) is 0 Å². The van der Waals surface area contributed by atoms with E-state index in [9.17, 15) is 0 Å². The lowest BCUT2D eigenvalue weighted by atomic mass is 10.1. The van der Waals surface area contributed by atoms with Gasteiger partial charge in [0.2, 0.25) is 0 Å². The average molecular weight is 683 g/mol. The monoisotopic (exact) mass is 682 g/mol. The minimum Gasteiger partial charge on any atom is -0.455 e. The molecule has 0 aliphatic heterocycles. The molecule has 4 nitrogen and oxygen atoms in total. The van der Waals surface area contributed by atoms with Gasteiger partial charge in [-0.05, 0) is 69.6 Å². The van der Waals surface area contributed by atoms with Gasteiger partial charge in [0.15, 0.2) is 11.5 Å². The zero-order valence-corrected chi connectivity index (χ0v) is 28.5. The molecule has 0 saturated heterocycles. The number of hydrogen-bond acceptors (Lipinski definition) is 6. The van der Waals surface area contributed by atoms with Gasteiger partial charge in [0, 0.05) is 28.0 Å². The van der Waals surface area contributed by atoms with Gasteiger partial charge in [-0.2, -0.15) is 0 Å². The fourth-order valence-corrected chi connectivity index (χ4v) is 7.47. The Kier molecular flexibility index (Phi) is 9.10. The van der Waals surface area contributed by atoms with Crippen molar-refractivity contribution in [1.82, 2.24) is 9.97 Å². The standard InChI is InChI=1S/C25H17NOS.C19H13NOS/c1-3-7-18(8-4-1)19-11-13-21(14-12-19)27-23-16-26-17-25-22(23)15-24(28-25)20-9-5-2-6-10-20;1-2-4-14(5-3-1)15-6-8-16(9-7-15)21-18-12-20-13-19-17(18)10-11-22-19/h1-17H;1-13H. The fourth-order valence-electron chi connectivity index (χ4n) is 5.66. The Morgan fingerprint density at radius 2 is 0.860 bits per heavy atom. The molecule has 0 aliphatic rings. The molecule has 0 saturated carbocycles. The highest BCUT2D eigenvalue weighted by atomic mass is 32.1. The molecular weight excluding hydrogens is 653 g/mol. The number of thiophene rings is 2. The highest BCUT2D eigenvalue weighted by molar-refractivity contribution is 7.22. The Balaban J connectivity index is 0.000000149. The van der Waals surface area contributed by atoms with Gasteiger partial charge in [0.1, 0.15) is 11.5 Å². The van der Waals surface area contributed by atoms with Crippen LogP contribution in [0.5, 0.6) is 23.0 Å². The summed E-state index contributed by atoms with van der Waals surface area (Å²) in [6.45, 7) is 0. The Bertz CT molecular complexity index is 2460. The van der Waals surface area contributed by atoms with Crippen LogP contribution in [0.1, 0.15) is 0 Å². The van der Waals surface area contributed by atoms with Crippen LogP contribution in [0.2, 0.25) is 0 Å². The lowest BCUT2D eigenvalue weighted by Crippen LogP contribution is -1.86. The van der Waals surface area contributed by atoms with Crippen LogP contribution >= 0.6 is 22.7 Å². The molecule has 5 aromatic carbocycles. The average Bonchev–Trinajstić information content (AvgIpc) is 3.86. The third-order valence-corrected chi connectivity index (χ3v) is 10.2. The van der Waals surface area contributed by atoms with E-state index >= 15 is 0 Å². The summed E-state index contributed by atoms with van der Waals surface area (Å²) >= 11 is 3.40. The van der Waals surface area contributed by atoms with Gasteiger partial charge in [-0.1, -0.05) is 115 Å². The number of hydrogen-bond donors (Lipinski definition) is 0. The molecule has 0 N–H and O–H groups in total. The number of rotatable bonds is 7. The molecule has 6 heteroatoms. The van der Waals surface area contributed by atoms with Crippen molar-refractivity contribution in [2.75, 3.05) is 0 Å². The summed E-state index contributed by atoms with van der Waals surface area (Å²) < 4.78 is 14.4. The Hall–Kier alpha value is -6.08. The van der Waals surface area contributed by atoms with Crippen LogP contribution in [0.25, 0.3) is 52.9 Å². The van der Waals surface area contributed by atoms with E-state index < -0.39 is 0 Å². The van der Waals surface area contributed by atoms with Crippen LogP contribution in [0.15, 0.2) is 182 Å². The SMILES string of the molecule is c1ccc(-c2ccc(Oc3cncc4sc(-c5ccccc5)cc34)cc2)cc1.c1ccc(-c2ccc(Oc3cncc4sccc34)cc2)cc1. The third kappa shape index (κ3) is 7.03. The van der Waals surface area contributed by atoms with Crippen LogP contribution in [0.3, 0.4) is 0 Å². The van der Waals surface area contributed by atoms with Gasteiger partial charge < -0.3 is 9.47 Å². The van der Waals surface area contributed by atoms with Crippen molar-refractivity contribution < 1.29 is 9.47 Å². The van der Waals surface area contributed by atoms with Crippen molar-refractivity contribution in [3.05, 3.63) is 182 Å². The van der Waals surface area contributed by atoms with Crippen LogP contribution in [-0.4, -0.2) is 9.97 Å². The molecule has 9 aromatic rings. The largest absolute Gasteiger partial charge is 0.455 e. The maximum atomic E-state index is 6.18. The van der Waals surface area contributed by atoms with Crippen molar-refractivity contribution >= 4 is 42.8 Å². The fraction of sp³-hybridized carbons (Fsp3) is 0. The molecule has 0 spiro atoms. The van der Waals surface area contributed by atoms with Gasteiger partial charge in [0.05, 0.1) is 21.8 Å². The molecule has 9 rings (SSSR count). The van der Waals surface area contributed by atoms with Gasteiger partial charge in [-0.25, -0.2) is 0 Å². The number of nitrogens with zero attached hydrogens (tertiary/aromatic N) is 2. The minimum absolute atomic E-state index is 0.781. The van der Waals surface area contributed by atoms with E-state index in [1.54, 1.807) is 35.1 Å². The molecule has 4 heterocycles. The first-order valence-electron chi connectivity index (χ1n) is 16.2. The molecular formula is C44H30N2O2S2. The van der Waals surface area contributed by atoms with E-state index in [1.165, 1.54) is 32.7 Å². The highest BCUT2D eigenvalue weighted by Gasteiger charge is 2.11. The topological polar surface area (TPSA) is 44.2 Å². The molecule has 0 fully saturated rings. The van der Waals surface area contributed by atoms with Gasteiger partial charge in [-0.3, -0.25) is 9.97 Å². The molecule has 0 aliphatic carbocycles. The lowest BCUT2D eigenvalue weighted by molar-refractivity contribution is 0.486. The normalized spacial score (nSPS) is 10.8. The van der Waals surface area contributed by atoms with E-state index in [4.69, 9.17) is 9.47 Å². The van der Waals surface area contributed by atoms with Gasteiger partial charge >= 0.3 is 0 Å². The van der Waals surface area contributed by atoms with E-state index in [0.717, 1.165) is 43.2 Å².